The van der Waals surface area contributed by atoms with Gasteiger partial charge in [0.15, 0.2) is 0 Å². The maximum atomic E-state index is 12.6. The van der Waals surface area contributed by atoms with Gasteiger partial charge >= 0.3 is 0 Å². The van der Waals surface area contributed by atoms with E-state index in [0.717, 1.165) is 50.4 Å². The number of nitrogens with zero attached hydrogens (tertiary/aromatic N) is 3. The van der Waals surface area contributed by atoms with Crippen molar-refractivity contribution in [1.82, 2.24) is 20.0 Å². The molecule has 0 bridgehead atoms. The number of nitrogens with one attached hydrogen (secondary N) is 2. The number of hydrogen-bond acceptors (Lipinski definition) is 5. The van der Waals surface area contributed by atoms with E-state index in [-0.39, 0.29) is 11.8 Å². The summed E-state index contributed by atoms with van der Waals surface area (Å²) in [5, 5.41) is 6.38. The maximum Gasteiger partial charge on any atom is 0.238 e. The maximum absolute atomic E-state index is 12.6. The lowest BCUT2D eigenvalue weighted by Crippen LogP contribution is -2.56. The van der Waals surface area contributed by atoms with Crippen LogP contribution in [-0.4, -0.2) is 91.5 Å². The Morgan fingerprint density at radius 2 is 1.86 bits per heavy atom. The van der Waals surface area contributed by atoms with Crippen molar-refractivity contribution in [3.63, 3.8) is 0 Å². The molecule has 28 heavy (non-hydrogen) atoms. The number of carbonyl (C=O) groups excluding carboxylic acids is 2. The van der Waals surface area contributed by atoms with Gasteiger partial charge < -0.3 is 15.5 Å². The van der Waals surface area contributed by atoms with Gasteiger partial charge in [0.25, 0.3) is 0 Å². The van der Waals surface area contributed by atoms with Gasteiger partial charge in [-0.25, -0.2) is 0 Å². The van der Waals surface area contributed by atoms with E-state index in [1.54, 1.807) is 0 Å². The summed E-state index contributed by atoms with van der Waals surface area (Å²) in [4.78, 5) is 31.4. The van der Waals surface area contributed by atoms with Crippen molar-refractivity contribution in [2.75, 3.05) is 64.2 Å². The highest BCUT2D eigenvalue weighted by atomic mass is 16.2. The number of rotatable bonds is 6. The van der Waals surface area contributed by atoms with Crippen molar-refractivity contribution in [2.45, 2.75) is 26.3 Å². The molecule has 0 unspecified atom stereocenters. The predicted molar refractivity (Wildman–Crippen MR) is 111 cm³/mol. The van der Waals surface area contributed by atoms with E-state index in [1.807, 2.05) is 29.2 Å². The molecule has 2 amide bonds. The van der Waals surface area contributed by atoms with E-state index in [1.165, 1.54) is 0 Å². The highest BCUT2D eigenvalue weighted by Gasteiger charge is 2.26. The standard InChI is InChI=1S/C21H33N5O2/c1-3-18-6-4-5-7-19(18)23-20(27)15-24-10-12-25(13-11-24)21(28)16-26-9-8-22-14-17(26)2/h4-7,17,22H,3,8-16H2,1-2H3,(H,23,27)/t17-/m1/s1. The lowest BCUT2D eigenvalue weighted by Gasteiger charge is -2.38. The van der Waals surface area contributed by atoms with Crippen LogP contribution in [0, 0.1) is 0 Å². The molecule has 2 N–H and O–H groups in total. The summed E-state index contributed by atoms with van der Waals surface area (Å²) in [6.45, 7) is 10.8. The smallest absolute Gasteiger partial charge is 0.238 e. The van der Waals surface area contributed by atoms with Crippen LogP contribution >= 0.6 is 0 Å². The van der Waals surface area contributed by atoms with Crippen LogP contribution in [0.15, 0.2) is 24.3 Å². The zero-order chi connectivity index (χ0) is 19.9. The second-order valence-electron chi connectivity index (χ2n) is 7.74. The van der Waals surface area contributed by atoms with Gasteiger partial charge in [-0.3, -0.25) is 19.4 Å². The van der Waals surface area contributed by atoms with Crippen molar-refractivity contribution >= 4 is 17.5 Å². The van der Waals surface area contributed by atoms with Gasteiger partial charge in [-0.1, -0.05) is 25.1 Å². The second kappa shape index (κ2) is 10.0. The Kier molecular flexibility index (Phi) is 7.42. The Bertz CT molecular complexity index is 673. The molecule has 1 aromatic rings. The van der Waals surface area contributed by atoms with E-state index in [2.05, 4.69) is 34.3 Å². The van der Waals surface area contributed by atoms with Gasteiger partial charge in [-0.05, 0) is 25.0 Å². The average molecular weight is 388 g/mol. The molecule has 3 rings (SSSR count). The molecule has 0 radical (unpaired) electrons. The molecule has 7 nitrogen and oxygen atoms in total. The first kappa shape index (κ1) is 20.8. The molecule has 0 saturated carbocycles. The predicted octanol–water partition coefficient (Wildman–Crippen LogP) is 0.625. The summed E-state index contributed by atoms with van der Waals surface area (Å²) in [5.74, 6) is 0.213. The summed E-state index contributed by atoms with van der Waals surface area (Å²) < 4.78 is 0. The molecule has 0 spiro atoms. The minimum absolute atomic E-state index is 0.00955. The van der Waals surface area contributed by atoms with Crippen LogP contribution in [0.25, 0.3) is 0 Å². The molecule has 2 saturated heterocycles. The molecular formula is C21H33N5O2. The molecule has 2 aliphatic heterocycles. The zero-order valence-corrected chi connectivity index (χ0v) is 17.1. The number of aryl methyl sites for hydroxylation is 1. The Morgan fingerprint density at radius 3 is 2.57 bits per heavy atom. The highest BCUT2D eigenvalue weighted by molar-refractivity contribution is 5.93. The van der Waals surface area contributed by atoms with E-state index in [0.29, 0.717) is 32.2 Å². The largest absolute Gasteiger partial charge is 0.339 e. The van der Waals surface area contributed by atoms with Crippen molar-refractivity contribution in [3.05, 3.63) is 29.8 Å². The fourth-order valence-electron chi connectivity index (χ4n) is 3.89. The number of benzene rings is 1. The quantitative estimate of drug-likeness (QED) is 0.749. The number of anilines is 1. The van der Waals surface area contributed by atoms with Crippen molar-refractivity contribution in [1.29, 1.82) is 0 Å². The minimum Gasteiger partial charge on any atom is -0.339 e. The summed E-state index contributed by atoms with van der Waals surface area (Å²) in [5.41, 5.74) is 2.04. The number of amides is 2. The Balaban J connectivity index is 1.42. The average Bonchev–Trinajstić information content (AvgIpc) is 2.70. The van der Waals surface area contributed by atoms with E-state index in [9.17, 15) is 9.59 Å². The zero-order valence-electron chi connectivity index (χ0n) is 17.1. The van der Waals surface area contributed by atoms with Crippen molar-refractivity contribution < 1.29 is 9.59 Å². The number of piperazine rings is 2. The molecule has 1 atom stereocenters. The summed E-state index contributed by atoms with van der Waals surface area (Å²) in [7, 11) is 0. The third kappa shape index (κ3) is 5.53. The molecule has 1 aromatic carbocycles. The van der Waals surface area contributed by atoms with Gasteiger partial charge in [0.1, 0.15) is 0 Å². The van der Waals surface area contributed by atoms with Crippen LogP contribution in [0.2, 0.25) is 0 Å². The molecule has 2 fully saturated rings. The van der Waals surface area contributed by atoms with Gasteiger partial charge in [0.2, 0.25) is 11.8 Å². The lowest BCUT2D eigenvalue weighted by molar-refractivity contribution is -0.135. The van der Waals surface area contributed by atoms with Crippen LogP contribution in [0.1, 0.15) is 19.4 Å². The lowest BCUT2D eigenvalue weighted by atomic mass is 10.1. The van der Waals surface area contributed by atoms with Crippen LogP contribution in [0.3, 0.4) is 0 Å². The molecular weight excluding hydrogens is 354 g/mol. The SMILES string of the molecule is CCc1ccccc1NC(=O)CN1CCN(C(=O)CN2CCNC[C@H]2C)CC1. The summed E-state index contributed by atoms with van der Waals surface area (Å²) in [6.07, 6.45) is 0.892. The number of carbonyl (C=O) groups is 2. The second-order valence-corrected chi connectivity index (χ2v) is 7.74. The first-order chi connectivity index (χ1) is 13.6. The summed E-state index contributed by atoms with van der Waals surface area (Å²) >= 11 is 0. The van der Waals surface area contributed by atoms with Crippen LogP contribution in [0.4, 0.5) is 5.69 Å². The van der Waals surface area contributed by atoms with Crippen LogP contribution in [-0.2, 0) is 16.0 Å². The third-order valence-corrected chi connectivity index (χ3v) is 5.74. The van der Waals surface area contributed by atoms with Gasteiger partial charge in [-0.15, -0.1) is 0 Å². The van der Waals surface area contributed by atoms with Crippen LogP contribution < -0.4 is 10.6 Å². The Morgan fingerprint density at radius 1 is 1.11 bits per heavy atom. The fourth-order valence-corrected chi connectivity index (χ4v) is 3.89. The first-order valence-corrected chi connectivity index (χ1v) is 10.4. The molecule has 2 heterocycles. The topological polar surface area (TPSA) is 67.9 Å². The number of hydrogen-bond donors (Lipinski definition) is 2. The molecule has 0 aliphatic carbocycles. The number of para-hydroxylation sites is 1. The highest BCUT2D eigenvalue weighted by Crippen LogP contribution is 2.15. The van der Waals surface area contributed by atoms with Crippen molar-refractivity contribution in [3.8, 4) is 0 Å². The molecule has 2 aliphatic rings. The van der Waals surface area contributed by atoms with Gasteiger partial charge in [-0.2, -0.15) is 0 Å². The minimum atomic E-state index is 0.00955. The molecule has 0 aromatic heterocycles. The van der Waals surface area contributed by atoms with E-state index < -0.39 is 0 Å². The summed E-state index contributed by atoms with van der Waals surface area (Å²) in [6, 6.07) is 8.32. The Labute approximate surface area is 168 Å². The van der Waals surface area contributed by atoms with Gasteiger partial charge in [0.05, 0.1) is 13.1 Å². The first-order valence-electron chi connectivity index (χ1n) is 10.4. The Hall–Kier alpha value is -1.96. The molecule has 154 valence electrons. The van der Waals surface area contributed by atoms with E-state index in [4.69, 9.17) is 0 Å². The van der Waals surface area contributed by atoms with Gasteiger partial charge in [0, 0.05) is 57.5 Å². The van der Waals surface area contributed by atoms with E-state index >= 15 is 0 Å². The molecule has 7 heteroatoms. The normalized spacial score (nSPS) is 21.5. The van der Waals surface area contributed by atoms with Crippen LogP contribution in [0.5, 0.6) is 0 Å². The monoisotopic (exact) mass is 387 g/mol. The fraction of sp³-hybridized carbons (Fsp3) is 0.619. The van der Waals surface area contributed by atoms with Crippen molar-refractivity contribution in [2.24, 2.45) is 0 Å². The third-order valence-electron chi connectivity index (χ3n) is 5.74.